The van der Waals surface area contributed by atoms with Crippen molar-refractivity contribution >= 4 is 5.97 Å². The van der Waals surface area contributed by atoms with Gasteiger partial charge >= 0.3 is 5.97 Å². The van der Waals surface area contributed by atoms with Gasteiger partial charge in [-0.15, -0.1) is 0 Å². The molecule has 0 bridgehead atoms. The Morgan fingerprint density at radius 3 is 2.47 bits per heavy atom. The van der Waals surface area contributed by atoms with E-state index in [1.54, 1.807) is 0 Å². The Morgan fingerprint density at radius 2 is 1.78 bits per heavy atom. The van der Waals surface area contributed by atoms with Crippen LogP contribution in [-0.2, 0) is 28.5 Å². The Hall–Kier alpha value is -0.730. The molecule has 1 N–H and O–H groups in total. The average molecular weight is 459 g/mol. The highest BCUT2D eigenvalue weighted by Gasteiger charge is 2.41. The minimum atomic E-state index is -0.886. The molecule has 2 heterocycles. The Balaban J connectivity index is 1.97. The summed E-state index contributed by atoms with van der Waals surface area (Å²) in [6, 6.07) is 0. The Bertz CT molecular complexity index is 552. The highest BCUT2D eigenvalue weighted by Crippen LogP contribution is 2.36. The van der Waals surface area contributed by atoms with Crippen molar-refractivity contribution in [3.63, 3.8) is 0 Å². The van der Waals surface area contributed by atoms with E-state index in [1.165, 1.54) is 0 Å². The Labute approximate surface area is 194 Å². The number of esters is 1. The standard InChI is InChI=1S/C25H46O7/c1-6-8-10-19(26)16-21-18-22(17-20-12-15-29-24(3,4)30-20)32-25(5,31-21)13-11-23(27)28-14-9-7-2/h19-22,26H,6-18H2,1-5H3. The van der Waals surface area contributed by atoms with Crippen LogP contribution in [0.3, 0.4) is 0 Å². The summed E-state index contributed by atoms with van der Waals surface area (Å²) in [5.41, 5.74) is 0. The van der Waals surface area contributed by atoms with Gasteiger partial charge in [0.25, 0.3) is 0 Å². The number of ether oxygens (including phenoxy) is 5. The third-order valence-corrected chi connectivity index (χ3v) is 6.19. The molecule has 0 aliphatic carbocycles. The maximum Gasteiger partial charge on any atom is 0.305 e. The summed E-state index contributed by atoms with van der Waals surface area (Å²) in [6.07, 6.45) is 7.72. The number of rotatable bonds is 13. The smallest absolute Gasteiger partial charge is 0.305 e. The lowest BCUT2D eigenvalue weighted by molar-refractivity contribution is -0.326. The van der Waals surface area contributed by atoms with Gasteiger partial charge in [0.2, 0.25) is 0 Å². The summed E-state index contributed by atoms with van der Waals surface area (Å²) in [6.45, 7) is 11.1. The summed E-state index contributed by atoms with van der Waals surface area (Å²) < 4.78 is 29.8. The minimum Gasteiger partial charge on any atom is -0.466 e. The van der Waals surface area contributed by atoms with Gasteiger partial charge in [0.15, 0.2) is 11.6 Å². The van der Waals surface area contributed by atoms with Gasteiger partial charge in [-0.25, -0.2) is 0 Å². The van der Waals surface area contributed by atoms with Crippen molar-refractivity contribution in [3.8, 4) is 0 Å². The lowest BCUT2D eigenvalue weighted by Crippen LogP contribution is -2.50. The number of aliphatic hydroxyl groups is 1. The second-order valence-corrected chi connectivity index (χ2v) is 9.97. The van der Waals surface area contributed by atoms with Crippen molar-refractivity contribution in [1.82, 2.24) is 0 Å². The molecule has 0 saturated carbocycles. The van der Waals surface area contributed by atoms with Gasteiger partial charge in [0.05, 0.1) is 44.1 Å². The van der Waals surface area contributed by atoms with Crippen molar-refractivity contribution in [2.75, 3.05) is 13.2 Å². The lowest BCUT2D eigenvalue weighted by Gasteiger charge is -2.45. The minimum absolute atomic E-state index is 0.0516. The van der Waals surface area contributed by atoms with Crippen LogP contribution in [0.4, 0.5) is 0 Å². The van der Waals surface area contributed by atoms with Crippen LogP contribution in [0.25, 0.3) is 0 Å². The fraction of sp³-hybridized carbons (Fsp3) is 0.960. The van der Waals surface area contributed by atoms with E-state index in [4.69, 9.17) is 23.7 Å². The quantitative estimate of drug-likeness (QED) is 0.311. The third kappa shape index (κ3) is 10.0. The predicted octanol–water partition coefficient (Wildman–Crippen LogP) is 4.87. The molecule has 2 aliphatic heterocycles. The zero-order valence-corrected chi connectivity index (χ0v) is 20.9. The van der Waals surface area contributed by atoms with Crippen molar-refractivity contribution in [2.24, 2.45) is 0 Å². The molecule has 7 nitrogen and oxygen atoms in total. The molecule has 0 spiro atoms. The van der Waals surface area contributed by atoms with E-state index < -0.39 is 11.6 Å². The number of carbonyl (C=O) groups excluding carboxylic acids is 1. The van der Waals surface area contributed by atoms with Gasteiger partial charge in [-0.05, 0) is 46.5 Å². The highest BCUT2D eigenvalue weighted by atomic mass is 16.7. The normalized spacial score (nSPS) is 31.2. The van der Waals surface area contributed by atoms with E-state index in [1.807, 2.05) is 20.8 Å². The van der Waals surface area contributed by atoms with Gasteiger partial charge in [-0.2, -0.15) is 0 Å². The summed E-state index contributed by atoms with van der Waals surface area (Å²) in [4.78, 5) is 12.1. The SMILES string of the molecule is CCCCOC(=O)CCC1(C)OC(CC(O)CCCC)CC(CC2CCOC(C)(C)O2)O1. The average Bonchev–Trinajstić information content (AvgIpc) is 2.70. The van der Waals surface area contributed by atoms with E-state index in [0.717, 1.165) is 44.9 Å². The van der Waals surface area contributed by atoms with Crippen molar-refractivity contribution in [1.29, 1.82) is 0 Å². The highest BCUT2D eigenvalue weighted by molar-refractivity contribution is 5.69. The molecule has 5 atom stereocenters. The number of aliphatic hydroxyl groups excluding tert-OH is 1. The third-order valence-electron chi connectivity index (χ3n) is 6.19. The fourth-order valence-electron chi connectivity index (χ4n) is 4.51. The Kier molecular flexibility index (Phi) is 11.4. The molecule has 0 aromatic heterocycles. The van der Waals surface area contributed by atoms with Crippen LogP contribution in [0, 0.1) is 0 Å². The van der Waals surface area contributed by atoms with Crippen LogP contribution in [0.15, 0.2) is 0 Å². The molecule has 188 valence electrons. The van der Waals surface area contributed by atoms with Gasteiger partial charge < -0.3 is 28.8 Å². The van der Waals surface area contributed by atoms with E-state index in [-0.39, 0.29) is 36.8 Å². The van der Waals surface area contributed by atoms with Crippen molar-refractivity contribution < 1.29 is 33.6 Å². The van der Waals surface area contributed by atoms with Crippen LogP contribution in [-0.4, -0.2) is 60.3 Å². The van der Waals surface area contributed by atoms with E-state index in [0.29, 0.717) is 32.5 Å². The van der Waals surface area contributed by atoms with Crippen LogP contribution in [0.1, 0.15) is 105 Å². The van der Waals surface area contributed by atoms with E-state index >= 15 is 0 Å². The second-order valence-electron chi connectivity index (χ2n) is 9.97. The summed E-state index contributed by atoms with van der Waals surface area (Å²) in [5, 5.41) is 10.5. The maximum absolute atomic E-state index is 12.1. The van der Waals surface area contributed by atoms with Crippen LogP contribution >= 0.6 is 0 Å². The topological polar surface area (TPSA) is 83.5 Å². The number of hydrogen-bond acceptors (Lipinski definition) is 7. The Morgan fingerprint density at radius 1 is 1.06 bits per heavy atom. The summed E-state index contributed by atoms with van der Waals surface area (Å²) in [5.74, 6) is -1.69. The molecule has 7 heteroatoms. The molecule has 0 aromatic rings. The molecule has 0 radical (unpaired) electrons. The molecule has 2 aliphatic rings. The van der Waals surface area contributed by atoms with Crippen LogP contribution in [0.2, 0.25) is 0 Å². The van der Waals surface area contributed by atoms with Gasteiger partial charge in [-0.3, -0.25) is 4.79 Å². The summed E-state index contributed by atoms with van der Waals surface area (Å²) >= 11 is 0. The van der Waals surface area contributed by atoms with E-state index in [2.05, 4.69) is 13.8 Å². The molecule has 5 unspecified atom stereocenters. The number of hydrogen-bond donors (Lipinski definition) is 1. The van der Waals surface area contributed by atoms with Crippen molar-refractivity contribution in [3.05, 3.63) is 0 Å². The monoisotopic (exact) mass is 458 g/mol. The van der Waals surface area contributed by atoms with Crippen LogP contribution in [0.5, 0.6) is 0 Å². The first-order chi connectivity index (χ1) is 15.1. The number of unbranched alkanes of at least 4 members (excludes halogenated alkanes) is 2. The largest absolute Gasteiger partial charge is 0.466 e. The molecule has 2 saturated heterocycles. The van der Waals surface area contributed by atoms with Crippen LogP contribution < -0.4 is 0 Å². The maximum atomic E-state index is 12.1. The molecule has 2 fully saturated rings. The first-order valence-electron chi connectivity index (χ1n) is 12.7. The zero-order chi connectivity index (χ0) is 23.6. The first kappa shape index (κ1) is 27.5. The molecule has 32 heavy (non-hydrogen) atoms. The molecule has 0 amide bonds. The van der Waals surface area contributed by atoms with Gasteiger partial charge in [-0.1, -0.05) is 33.1 Å². The summed E-state index contributed by atoms with van der Waals surface area (Å²) in [7, 11) is 0. The van der Waals surface area contributed by atoms with Crippen molar-refractivity contribution in [2.45, 2.75) is 141 Å². The zero-order valence-electron chi connectivity index (χ0n) is 20.9. The molecular formula is C25H46O7. The lowest BCUT2D eigenvalue weighted by atomic mass is 9.95. The molecule has 0 aromatic carbocycles. The molecule has 2 rings (SSSR count). The predicted molar refractivity (Wildman–Crippen MR) is 122 cm³/mol. The number of carbonyl (C=O) groups is 1. The van der Waals surface area contributed by atoms with Gasteiger partial charge in [0, 0.05) is 19.3 Å². The molecular weight excluding hydrogens is 412 g/mol. The second kappa shape index (κ2) is 13.2. The van der Waals surface area contributed by atoms with E-state index in [9.17, 15) is 9.90 Å². The van der Waals surface area contributed by atoms with Gasteiger partial charge in [0.1, 0.15) is 0 Å². The first-order valence-corrected chi connectivity index (χ1v) is 12.7. The fourth-order valence-corrected chi connectivity index (χ4v) is 4.51.